The quantitative estimate of drug-likeness (QED) is 0.651. The van der Waals surface area contributed by atoms with Crippen molar-refractivity contribution in [3.05, 3.63) is 47.8 Å². The second-order valence-corrected chi connectivity index (χ2v) is 4.70. The predicted molar refractivity (Wildman–Crippen MR) is 83.3 cm³/mol. The second kappa shape index (κ2) is 8.72. The van der Waals surface area contributed by atoms with Gasteiger partial charge in [-0.3, -0.25) is 4.90 Å². The summed E-state index contributed by atoms with van der Waals surface area (Å²) in [5.74, 6) is -0.638. The van der Waals surface area contributed by atoms with Crippen LogP contribution >= 0.6 is 24.8 Å². The van der Waals surface area contributed by atoms with Crippen LogP contribution in [0.4, 0.5) is 17.6 Å². The van der Waals surface area contributed by atoms with Gasteiger partial charge < -0.3 is 5.32 Å². The summed E-state index contributed by atoms with van der Waals surface area (Å²) in [6.45, 7) is 6.38. The molecule has 0 aromatic heterocycles. The van der Waals surface area contributed by atoms with Gasteiger partial charge in [-0.1, -0.05) is 6.08 Å². The zero-order valence-electron chi connectivity index (χ0n) is 11.7. The van der Waals surface area contributed by atoms with Gasteiger partial charge in [-0.05, 0) is 18.2 Å². The van der Waals surface area contributed by atoms with Gasteiger partial charge in [0.05, 0.1) is 11.6 Å². The number of alkyl halides is 3. The van der Waals surface area contributed by atoms with E-state index in [0.717, 1.165) is 31.3 Å². The zero-order valence-corrected chi connectivity index (χ0v) is 13.3. The minimum Gasteiger partial charge on any atom is -0.314 e. The molecule has 1 N–H and O–H groups in total. The SMILES string of the molecule is C=C[C@@H](c1cc(C(F)(F)F)ccc1F)N1CCNCC1.Cl.Cl. The van der Waals surface area contributed by atoms with Crippen molar-refractivity contribution in [3.63, 3.8) is 0 Å². The van der Waals surface area contributed by atoms with Crippen molar-refractivity contribution in [2.75, 3.05) is 26.2 Å². The van der Waals surface area contributed by atoms with Gasteiger partial charge in [0.2, 0.25) is 0 Å². The highest BCUT2D eigenvalue weighted by Crippen LogP contribution is 2.33. The molecule has 1 atom stereocenters. The van der Waals surface area contributed by atoms with Crippen LogP contribution in [0.3, 0.4) is 0 Å². The van der Waals surface area contributed by atoms with Gasteiger partial charge >= 0.3 is 6.18 Å². The van der Waals surface area contributed by atoms with Crippen molar-refractivity contribution >= 4 is 24.8 Å². The van der Waals surface area contributed by atoms with E-state index in [1.54, 1.807) is 0 Å². The Hall–Kier alpha value is -0.820. The third-order valence-electron chi connectivity index (χ3n) is 3.41. The molecule has 1 heterocycles. The summed E-state index contributed by atoms with van der Waals surface area (Å²) in [4.78, 5) is 1.92. The molecule has 0 amide bonds. The Morgan fingerprint density at radius 1 is 1.18 bits per heavy atom. The van der Waals surface area contributed by atoms with Crippen LogP contribution in [0.2, 0.25) is 0 Å². The van der Waals surface area contributed by atoms with Gasteiger partial charge in [0.25, 0.3) is 0 Å². The van der Waals surface area contributed by atoms with Crippen molar-refractivity contribution in [3.8, 4) is 0 Å². The number of hydrogen-bond donors (Lipinski definition) is 1. The van der Waals surface area contributed by atoms with E-state index >= 15 is 0 Å². The Morgan fingerprint density at radius 2 is 1.77 bits per heavy atom. The van der Waals surface area contributed by atoms with Crippen molar-refractivity contribution in [1.29, 1.82) is 0 Å². The Kier molecular flexibility index (Phi) is 8.39. The highest BCUT2D eigenvalue weighted by atomic mass is 35.5. The lowest BCUT2D eigenvalue weighted by Gasteiger charge is -2.33. The summed E-state index contributed by atoms with van der Waals surface area (Å²) < 4.78 is 52.1. The van der Waals surface area contributed by atoms with Crippen LogP contribution in [-0.4, -0.2) is 31.1 Å². The summed E-state index contributed by atoms with van der Waals surface area (Å²) in [5, 5.41) is 3.15. The maximum Gasteiger partial charge on any atom is 0.416 e. The molecule has 22 heavy (non-hydrogen) atoms. The van der Waals surface area contributed by atoms with Crippen LogP contribution in [0.25, 0.3) is 0 Å². The minimum atomic E-state index is -4.47. The molecule has 0 aliphatic carbocycles. The number of halogens is 6. The average Bonchev–Trinajstić information content (AvgIpc) is 2.41. The van der Waals surface area contributed by atoms with E-state index in [-0.39, 0.29) is 30.4 Å². The first-order valence-electron chi connectivity index (χ1n) is 6.37. The molecule has 8 heteroatoms. The third-order valence-corrected chi connectivity index (χ3v) is 3.41. The molecule has 1 saturated heterocycles. The smallest absolute Gasteiger partial charge is 0.314 e. The van der Waals surface area contributed by atoms with Gasteiger partial charge in [-0.2, -0.15) is 13.2 Å². The van der Waals surface area contributed by atoms with Crippen LogP contribution in [0.15, 0.2) is 30.9 Å². The summed E-state index contributed by atoms with van der Waals surface area (Å²) in [7, 11) is 0. The maximum atomic E-state index is 13.9. The summed E-state index contributed by atoms with van der Waals surface area (Å²) in [6, 6.07) is 1.97. The van der Waals surface area contributed by atoms with E-state index in [1.807, 2.05) is 4.90 Å². The van der Waals surface area contributed by atoms with Gasteiger partial charge in [-0.15, -0.1) is 31.4 Å². The number of rotatable bonds is 3. The first kappa shape index (κ1) is 21.2. The van der Waals surface area contributed by atoms with Crippen molar-refractivity contribution in [2.45, 2.75) is 12.2 Å². The first-order chi connectivity index (χ1) is 9.43. The monoisotopic (exact) mass is 360 g/mol. The number of benzene rings is 1. The lowest BCUT2D eigenvalue weighted by molar-refractivity contribution is -0.137. The molecule has 0 saturated carbocycles. The van der Waals surface area contributed by atoms with E-state index in [1.165, 1.54) is 6.08 Å². The van der Waals surface area contributed by atoms with Crippen molar-refractivity contribution < 1.29 is 17.6 Å². The third kappa shape index (κ3) is 4.84. The Morgan fingerprint density at radius 3 is 2.27 bits per heavy atom. The molecule has 1 aromatic carbocycles. The topological polar surface area (TPSA) is 15.3 Å². The molecule has 2 rings (SSSR count). The molecule has 1 fully saturated rings. The molecule has 1 aliphatic heterocycles. The standard InChI is InChI=1S/C14H16F4N2.2ClH/c1-2-13(20-7-5-19-6-8-20)11-9-10(14(16,17)18)3-4-12(11)15;;/h2-4,9,13,19H,1,5-8H2;2*1H/t13-;;/m0../s1. The van der Waals surface area contributed by atoms with E-state index in [9.17, 15) is 17.6 Å². The molecule has 1 aromatic rings. The summed E-state index contributed by atoms with van der Waals surface area (Å²) in [6.07, 6.45) is -2.98. The molecule has 0 radical (unpaired) electrons. The Balaban J connectivity index is 0.00000220. The van der Waals surface area contributed by atoms with Gasteiger partial charge in [0, 0.05) is 31.7 Å². The number of nitrogens with zero attached hydrogens (tertiary/aromatic N) is 1. The largest absolute Gasteiger partial charge is 0.416 e. The van der Waals surface area contributed by atoms with E-state index in [0.29, 0.717) is 13.1 Å². The summed E-state index contributed by atoms with van der Waals surface area (Å²) >= 11 is 0. The van der Waals surface area contributed by atoms with Gasteiger partial charge in [0.15, 0.2) is 0 Å². The molecule has 0 bridgehead atoms. The van der Waals surface area contributed by atoms with E-state index in [2.05, 4.69) is 11.9 Å². The molecular formula is C14H18Cl2F4N2. The van der Waals surface area contributed by atoms with Crippen molar-refractivity contribution in [1.82, 2.24) is 10.2 Å². The zero-order chi connectivity index (χ0) is 14.8. The maximum absolute atomic E-state index is 13.9. The number of hydrogen-bond acceptors (Lipinski definition) is 2. The normalized spacial score (nSPS) is 17.1. The second-order valence-electron chi connectivity index (χ2n) is 4.70. The molecule has 0 unspecified atom stereocenters. The molecule has 126 valence electrons. The predicted octanol–water partition coefficient (Wildman–Crippen LogP) is 3.82. The van der Waals surface area contributed by atoms with Crippen LogP contribution in [-0.2, 0) is 6.18 Å². The average molecular weight is 361 g/mol. The lowest BCUT2D eigenvalue weighted by atomic mass is 10.0. The Bertz CT molecular complexity index is 488. The minimum absolute atomic E-state index is 0. The Labute approximate surface area is 139 Å². The van der Waals surface area contributed by atoms with Gasteiger partial charge in [0.1, 0.15) is 5.82 Å². The molecule has 2 nitrogen and oxygen atoms in total. The van der Waals surface area contributed by atoms with Crippen LogP contribution < -0.4 is 5.32 Å². The fourth-order valence-electron chi connectivity index (χ4n) is 2.38. The number of piperazine rings is 1. The first-order valence-corrected chi connectivity index (χ1v) is 6.37. The van der Waals surface area contributed by atoms with Crippen LogP contribution in [0, 0.1) is 5.82 Å². The van der Waals surface area contributed by atoms with E-state index < -0.39 is 23.6 Å². The van der Waals surface area contributed by atoms with Gasteiger partial charge in [-0.25, -0.2) is 4.39 Å². The summed E-state index contributed by atoms with van der Waals surface area (Å²) in [5.41, 5.74) is -0.812. The van der Waals surface area contributed by atoms with Crippen molar-refractivity contribution in [2.24, 2.45) is 0 Å². The molecule has 1 aliphatic rings. The highest BCUT2D eigenvalue weighted by Gasteiger charge is 2.32. The number of nitrogens with one attached hydrogen (secondary N) is 1. The van der Waals surface area contributed by atoms with Crippen LogP contribution in [0.5, 0.6) is 0 Å². The lowest BCUT2D eigenvalue weighted by Crippen LogP contribution is -2.44. The van der Waals surface area contributed by atoms with Crippen LogP contribution in [0.1, 0.15) is 17.2 Å². The fraction of sp³-hybridized carbons (Fsp3) is 0.429. The molecular weight excluding hydrogens is 343 g/mol. The fourth-order valence-corrected chi connectivity index (χ4v) is 2.38. The highest BCUT2D eigenvalue weighted by molar-refractivity contribution is 5.85. The molecule has 0 spiro atoms. The van der Waals surface area contributed by atoms with E-state index in [4.69, 9.17) is 0 Å².